The molecule has 1 aromatic rings. The highest BCUT2D eigenvalue weighted by Gasteiger charge is 2.20. The van der Waals surface area contributed by atoms with Crippen molar-refractivity contribution in [1.82, 2.24) is 15.1 Å². The highest BCUT2D eigenvalue weighted by Crippen LogP contribution is 2.10. The van der Waals surface area contributed by atoms with Crippen LogP contribution in [0.4, 0.5) is 0 Å². The highest BCUT2D eigenvalue weighted by molar-refractivity contribution is 5.00. The zero-order valence-electron chi connectivity index (χ0n) is 11.8. The van der Waals surface area contributed by atoms with Gasteiger partial charge in [-0.3, -0.25) is 4.68 Å². The first-order chi connectivity index (χ1) is 8.72. The molecule has 0 saturated carbocycles. The Bertz CT molecular complexity index is 322. The van der Waals surface area contributed by atoms with Gasteiger partial charge in [-0.15, -0.1) is 0 Å². The predicted octanol–water partition coefficient (Wildman–Crippen LogP) is 1.34. The molecule has 0 fully saturated rings. The summed E-state index contributed by atoms with van der Waals surface area (Å²) >= 11 is 0. The number of aryl methyl sites for hydroxylation is 2. The van der Waals surface area contributed by atoms with Gasteiger partial charge >= 0.3 is 0 Å². The molecule has 1 aromatic heterocycles. The molecule has 1 unspecified atom stereocenters. The average molecular weight is 255 g/mol. The molecule has 0 aliphatic rings. The lowest BCUT2D eigenvalue weighted by Gasteiger charge is -2.26. The predicted molar refractivity (Wildman–Crippen MR) is 71.4 cm³/mol. The molecule has 104 valence electrons. The maximum Gasteiger partial charge on any atom is 0.172 e. The summed E-state index contributed by atoms with van der Waals surface area (Å²) < 4.78 is 13.2. The van der Waals surface area contributed by atoms with E-state index in [9.17, 15) is 0 Å². The van der Waals surface area contributed by atoms with E-state index < -0.39 is 0 Å². The Kier molecular flexibility index (Phi) is 6.93. The number of nitrogens with one attached hydrogen (secondary N) is 1. The largest absolute Gasteiger partial charge is 0.351 e. The lowest BCUT2D eigenvalue weighted by molar-refractivity contribution is -0.154. The Labute approximate surface area is 109 Å². The Morgan fingerprint density at radius 2 is 2.00 bits per heavy atom. The normalized spacial score (nSPS) is 13.2. The van der Waals surface area contributed by atoms with Crippen LogP contribution in [0.2, 0.25) is 0 Å². The van der Waals surface area contributed by atoms with Crippen LogP contribution < -0.4 is 5.32 Å². The summed E-state index contributed by atoms with van der Waals surface area (Å²) in [7, 11) is 3.91. The number of nitrogens with zero attached hydrogens (tertiary/aromatic N) is 2. The van der Waals surface area contributed by atoms with Crippen LogP contribution in [0, 0.1) is 0 Å². The van der Waals surface area contributed by atoms with Crippen molar-refractivity contribution in [1.29, 1.82) is 0 Å². The second-order valence-electron chi connectivity index (χ2n) is 4.16. The van der Waals surface area contributed by atoms with Crippen LogP contribution in [-0.4, -0.2) is 42.4 Å². The van der Waals surface area contributed by atoms with Crippen LogP contribution in [0.1, 0.15) is 26.0 Å². The van der Waals surface area contributed by atoms with E-state index in [0.29, 0.717) is 13.2 Å². The number of hydrogen-bond donors (Lipinski definition) is 1. The van der Waals surface area contributed by atoms with Crippen LogP contribution in [0.3, 0.4) is 0 Å². The fourth-order valence-corrected chi connectivity index (χ4v) is 1.98. The molecule has 0 aliphatic heterocycles. The molecule has 0 aliphatic carbocycles. The maximum absolute atomic E-state index is 5.63. The fraction of sp³-hybridized carbons (Fsp3) is 0.769. The van der Waals surface area contributed by atoms with Crippen molar-refractivity contribution in [2.45, 2.75) is 39.0 Å². The molecular formula is C13H25N3O2. The topological polar surface area (TPSA) is 48.3 Å². The molecule has 0 amide bonds. The summed E-state index contributed by atoms with van der Waals surface area (Å²) in [5.41, 5.74) is 1.22. The van der Waals surface area contributed by atoms with Crippen molar-refractivity contribution >= 4 is 0 Å². The van der Waals surface area contributed by atoms with Gasteiger partial charge in [0.2, 0.25) is 0 Å². The Morgan fingerprint density at radius 3 is 2.44 bits per heavy atom. The minimum atomic E-state index is -0.182. The summed E-state index contributed by atoms with van der Waals surface area (Å²) in [6.45, 7) is 5.29. The van der Waals surface area contributed by atoms with E-state index in [1.165, 1.54) is 5.69 Å². The quantitative estimate of drug-likeness (QED) is 0.677. The molecule has 18 heavy (non-hydrogen) atoms. The molecule has 0 radical (unpaired) electrons. The summed E-state index contributed by atoms with van der Waals surface area (Å²) in [6, 6.07) is 2.24. The molecular weight excluding hydrogens is 230 g/mol. The standard InChI is InChI=1S/C13H25N3O2/c1-5-17-13(18-6-2)12(14-3)8-7-11-9-10-15-16(11)4/h9-10,12-14H,5-8H2,1-4H3. The number of ether oxygens (including phenoxy) is 2. The molecule has 1 atom stereocenters. The third-order valence-corrected chi connectivity index (χ3v) is 3.00. The van der Waals surface area contributed by atoms with Crippen LogP contribution >= 0.6 is 0 Å². The second kappa shape index (κ2) is 8.24. The smallest absolute Gasteiger partial charge is 0.172 e. The van der Waals surface area contributed by atoms with Gasteiger partial charge in [0.05, 0.1) is 6.04 Å². The van der Waals surface area contributed by atoms with Crippen molar-refractivity contribution < 1.29 is 9.47 Å². The molecule has 0 saturated heterocycles. The molecule has 0 bridgehead atoms. The Hall–Kier alpha value is -0.910. The molecule has 0 spiro atoms. The Balaban J connectivity index is 2.51. The van der Waals surface area contributed by atoms with E-state index in [1.807, 2.05) is 44.9 Å². The third-order valence-electron chi connectivity index (χ3n) is 3.00. The summed E-state index contributed by atoms with van der Waals surface area (Å²) in [5.74, 6) is 0. The molecule has 5 heteroatoms. The third kappa shape index (κ3) is 4.40. The lowest BCUT2D eigenvalue weighted by atomic mass is 10.1. The number of hydrogen-bond acceptors (Lipinski definition) is 4. The van der Waals surface area contributed by atoms with Crippen LogP contribution in [0.5, 0.6) is 0 Å². The van der Waals surface area contributed by atoms with E-state index in [0.717, 1.165) is 12.8 Å². The van der Waals surface area contributed by atoms with Gasteiger partial charge in [-0.2, -0.15) is 5.10 Å². The summed E-state index contributed by atoms with van der Waals surface area (Å²) in [6.07, 6.45) is 3.56. The van der Waals surface area contributed by atoms with Crippen LogP contribution in [-0.2, 0) is 22.9 Å². The van der Waals surface area contributed by atoms with E-state index in [4.69, 9.17) is 9.47 Å². The molecule has 1 heterocycles. The van der Waals surface area contributed by atoms with Crippen molar-refractivity contribution in [3.05, 3.63) is 18.0 Å². The molecule has 5 nitrogen and oxygen atoms in total. The van der Waals surface area contributed by atoms with Crippen molar-refractivity contribution in [2.75, 3.05) is 20.3 Å². The first kappa shape index (κ1) is 15.1. The zero-order valence-corrected chi connectivity index (χ0v) is 11.8. The van der Waals surface area contributed by atoms with Crippen molar-refractivity contribution in [3.63, 3.8) is 0 Å². The van der Waals surface area contributed by atoms with Gasteiger partial charge in [0.25, 0.3) is 0 Å². The Morgan fingerprint density at radius 1 is 1.33 bits per heavy atom. The highest BCUT2D eigenvalue weighted by atomic mass is 16.7. The molecule has 0 aromatic carbocycles. The zero-order chi connectivity index (χ0) is 13.4. The van der Waals surface area contributed by atoms with Crippen molar-refractivity contribution in [2.24, 2.45) is 7.05 Å². The SMILES string of the molecule is CCOC(OCC)C(CCc1ccnn1C)NC. The fourth-order valence-electron chi connectivity index (χ4n) is 1.98. The monoisotopic (exact) mass is 255 g/mol. The van der Waals surface area contributed by atoms with Gasteiger partial charge in [0.1, 0.15) is 0 Å². The first-order valence-corrected chi connectivity index (χ1v) is 6.60. The van der Waals surface area contributed by atoms with Gasteiger partial charge in [-0.05, 0) is 39.8 Å². The molecule has 1 rings (SSSR count). The number of rotatable bonds is 9. The van der Waals surface area contributed by atoms with E-state index in [2.05, 4.69) is 10.4 Å². The average Bonchev–Trinajstić information content (AvgIpc) is 2.76. The maximum atomic E-state index is 5.63. The van der Waals surface area contributed by atoms with Gasteiger partial charge in [0, 0.05) is 32.2 Å². The summed E-state index contributed by atoms with van der Waals surface area (Å²) in [5, 5.41) is 7.45. The van der Waals surface area contributed by atoms with E-state index in [1.54, 1.807) is 0 Å². The van der Waals surface area contributed by atoms with Gasteiger partial charge < -0.3 is 14.8 Å². The second-order valence-corrected chi connectivity index (χ2v) is 4.16. The van der Waals surface area contributed by atoms with Gasteiger partial charge in [0.15, 0.2) is 6.29 Å². The molecule has 1 N–H and O–H groups in total. The lowest BCUT2D eigenvalue weighted by Crippen LogP contribution is -2.41. The van der Waals surface area contributed by atoms with Gasteiger partial charge in [-0.1, -0.05) is 0 Å². The van der Waals surface area contributed by atoms with E-state index in [-0.39, 0.29) is 12.3 Å². The number of likely N-dealkylation sites (N-methyl/N-ethyl adjacent to an activating group) is 1. The van der Waals surface area contributed by atoms with Crippen molar-refractivity contribution in [3.8, 4) is 0 Å². The minimum Gasteiger partial charge on any atom is -0.351 e. The number of aromatic nitrogens is 2. The van der Waals surface area contributed by atoms with Crippen LogP contribution in [0.15, 0.2) is 12.3 Å². The summed E-state index contributed by atoms with van der Waals surface area (Å²) in [4.78, 5) is 0. The minimum absolute atomic E-state index is 0.182. The van der Waals surface area contributed by atoms with Gasteiger partial charge in [-0.25, -0.2) is 0 Å². The first-order valence-electron chi connectivity index (χ1n) is 6.60. The van der Waals surface area contributed by atoms with Crippen LogP contribution in [0.25, 0.3) is 0 Å². The van der Waals surface area contributed by atoms with E-state index >= 15 is 0 Å².